The highest BCUT2D eigenvalue weighted by Gasteiger charge is 2.40. The van der Waals surface area contributed by atoms with E-state index in [1.54, 1.807) is 16.6 Å². The molecule has 0 saturated carbocycles. The van der Waals surface area contributed by atoms with Crippen LogP contribution in [0.15, 0.2) is 30.3 Å². The molecule has 0 aliphatic carbocycles. The van der Waals surface area contributed by atoms with Gasteiger partial charge in [-0.25, -0.2) is 9.48 Å². The van der Waals surface area contributed by atoms with E-state index < -0.39 is 0 Å². The van der Waals surface area contributed by atoms with Crippen LogP contribution in [0.4, 0.5) is 10.5 Å². The highest BCUT2D eigenvalue weighted by atomic mass is 16.3. The van der Waals surface area contributed by atoms with Gasteiger partial charge in [-0.1, -0.05) is 18.2 Å². The lowest BCUT2D eigenvalue weighted by molar-refractivity contribution is 0.144. The lowest BCUT2D eigenvalue weighted by atomic mass is 10.2. The zero-order valence-electron chi connectivity index (χ0n) is 12.3. The third-order valence-corrected chi connectivity index (χ3v) is 3.92. The molecule has 1 aliphatic heterocycles. The van der Waals surface area contributed by atoms with Crippen molar-refractivity contribution in [3.05, 3.63) is 36.2 Å². The Balaban J connectivity index is 1.83. The van der Waals surface area contributed by atoms with E-state index in [0.29, 0.717) is 11.5 Å². The minimum absolute atomic E-state index is 0.0794. The van der Waals surface area contributed by atoms with Crippen molar-refractivity contribution >= 4 is 11.7 Å². The predicted molar refractivity (Wildman–Crippen MR) is 78.9 cm³/mol. The lowest BCUT2D eigenvalue weighted by Gasteiger charge is -2.28. The molecule has 8 heteroatoms. The molecule has 1 aromatic heterocycles. The largest absolute Gasteiger partial charge is 0.394 e. The van der Waals surface area contributed by atoms with Crippen molar-refractivity contribution in [3.8, 4) is 0 Å². The van der Waals surface area contributed by atoms with E-state index in [-0.39, 0.29) is 24.7 Å². The molecule has 116 valence electrons. The Labute approximate surface area is 127 Å². The number of urea groups is 1. The number of para-hydroxylation sites is 1. The number of aliphatic hydroxyl groups is 1. The molecule has 1 saturated heterocycles. The fourth-order valence-corrected chi connectivity index (χ4v) is 2.85. The molecular weight excluding hydrogens is 284 g/mol. The second-order valence-electron chi connectivity index (χ2n) is 5.29. The van der Waals surface area contributed by atoms with Crippen LogP contribution in [0.5, 0.6) is 0 Å². The van der Waals surface area contributed by atoms with Gasteiger partial charge in [0.2, 0.25) is 0 Å². The van der Waals surface area contributed by atoms with Crippen molar-refractivity contribution in [2.75, 3.05) is 11.9 Å². The summed E-state index contributed by atoms with van der Waals surface area (Å²) in [6.07, 6.45) is 1.44. The maximum atomic E-state index is 12.6. The van der Waals surface area contributed by atoms with Crippen LogP contribution in [-0.4, -0.2) is 48.9 Å². The van der Waals surface area contributed by atoms with E-state index in [1.165, 1.54) is 0 Å². The molecule has 2 atom stereocenters. The Hall–Kier alpha value is -2.48. The number of aliphatic hydroxyl groups excluding tert-OH is 1. The molecular formula is C14H18N6O2. The first kappa shape index (κ1) is 14.5. The molecule has 3 rings (SSSR count). The monoisotopic (exact) mass is 302 g/mol. The Bertz CT molecular complexity index is 644. The van der Waals surface area contributed by atoms with Crippen molar-refractivity contribution in [1.29, 1.82) is 0 Å². The molecule has 2 aromatic rings. The fraction of sp³-hybridized carbons (Fsp3) is 0.429. The molecule has 0 unspecified atom stereocenters. The van der Waals surface area contributed by atoms with Crippen LogP contribution in [0.1, 0.15) is 24.7 Å². The van der Waals surface area contributed by atoms with Crippen molar-refractivity contribution < 1.29 is 9.90 Å². The maximum Gasteiger partial charge on any atom is 0.322 e. The molecule has 2 heterocycles. The van der Waals surface area contributed by atoms with Gasteiger partial charge in [0.05, 0.1) is 18.7 Å². The Morgan fingerprint density at radius 3 is 2.77 bits per heavy atom. The average molecular weight is 302 g/mol. The first-order valence-electron chi connectivity index (χ1n) is 7.18. The van der Waals surface area contributed by atoms with E-state index in [9.17, 15) is 9.90 Å². The summed E-state index contributed by atoms with van der Waals surface area (Å²) < 4.78 is 1.56. The minimum atomic E-state index is -0.254. The normalized spacial score (nSPS) is 21.1. The van der Waals surface area contributed by atoms with Gasteiger partial charge >= 0.3 is 6.03 Å². The molecule has 1 aliphatic rings. The molecule has 8 nitrogen and oxygen atoms in total. The molecule has 1 fully saturated rings. The molecule has 0 spiro atoms. The zero-order valence-corrected chi connectivity index (χ0v) is 12.3. The van der Waals surface area contributed by atoms with E-state index in [2.05, 4.69) is 20.8 Å². The summed E-state index contributed by atoms with van der Waals surface area (Å²) in [6.45, 7) is -0.0794. The van der Waals surface area contributed by atoms with Crippen molar-refractivity contribution in [2.24, 2.45) is 7.05 Å². The molecule has 2 N–H and O–H groups in total. The van der Waals surface area contributed by atoms with Crippen LogP contribution in [0, 0.1) is 0 Å². The highest BCUT2D eigenvalue weighted by Crippen LogP contribution is 2.35. The van der Waals surface area contributed by atoms with Crippen molar-refractivity contribution in [3.63, 3.8) is 0 Å². The predicted octanol–water partition coefficient (Wildman–Crippen LogP) is 0.940. The summed E-state index contributed by atoms with van der Waals surface area (Å²) in [6, 6.07) is 8.51. The summed E-state index contributed by atoms with van der Waals surface area (Å²) in [4.78, 5) is 14.3. The minimum Gasteiger partial charge on any atom is -0.394 e. The molecule has 22 heavy (non-hydrogen) atoms. The van der Waals surface area contributed by atoms with Gasteiger partial charge in [-0.2, -0.15) is 0 Å². The van der Waals surface area contributed by atoms with Gasteiger partial charge in [-0.3, -0.25) is 0 Å². The third-order valence-electron chi connectivity index (χ3n) is 3.92. The Morgan fingerprint density at radius 1 is 1.36 bits per heavy atom. The second-order valence-corrected chi connectivity index (χ2v) is 5.29. The van der Waals surface area contributed by atoms with E-state index in [1.807, 2.05) is 30.3 Å². The fourth-order valence-electron chi connectivity index (χ4n) is 2.85. The number of aryl methyl sites for hydroxylation is 1. The summed E-state index contributed by atoms with van der Waals surface area (Å²) in [7, 11) is 1.74. The van der Waals surface area contributed by atoms with Crippen molar-refractivity contribution in [2.45, 2.75) is 24.9 Å². The first-order chi connectivity index (χ1) is 10.7. The van der Waals surface area contributed by atoms with Crippen molar-refractivity contribution in [1.82, 2.24) is 25.1 Å². The number of tetrazole rings is 1. The van der Waals surface area contributed by atoms with Crippen LogP contribution < -0.4 is 5.32 Å². The number of hydrogen-bond donors (Lipinski definition) is 2. The zero-order chi connectivity index (χ0) is 15.5. The summed E-state index contributed by atoms with van der Waals surface area (Å²) >= 11 is 0. The lowest BCUT2D eigenvalue weighted by Crippen LogP contribution is -2.42. The number of nitrogens with one attached hydrogen (secondary N) is 1. The Kier molecular flexibility index (Phi) is 4.01. The summed E-state index contributed by atoms with van der Waals surface area (Å²) in [5.41, 5.74) is 0.714. The maximum absolute atomic E-state index is 12.6. The SMILES string of the molecule is Cn1nnnc1[C@@H]1CC[C@@H](CO)N1C(=O)Nc1ccccc1. The summed E-state index contributed by atoms with van der Waals surface area (Å²) in [5.74, 6) is 0.624. The van der Waals surface area contributed by atoms with Gasteiger partial charge in [-0.15, -0.1) is 5.10 Å². The number of aromatic nitrogens is 4. The highest BCUT2D eigenvalue weighted by molar-refractivity contribution is 5.90. The number of carbonyl (C=O) groups excluding carboxylic acids is 1. The van der Waals surface area contributed by atoms with Gasteiger partial charge in [0.1, 0.15) is 0 Å². The van der Waals surface area contributed by atoms with Crippen LogP contribution in [0.3, 0.4) is 0 Å². The van der Waals surface area contributed by atoms with E-state index in [4.69, 9.17) is 0 Å². The molecule has 2 amide bonds. The van der Waals surface area contributed by atoms with Crippen LogP contribution in [0.2, 0.25) is 0 Å². The van der Waals surface area contributed by atoms with E-state index >= 15 is 0 Å². The first-order valence-corrected chi connectivity index (χ1v) is 7.18. The number of amides is 2. The number of carbonyl (C=O) groups is 1. The van der Waals surface area contributed by atoms with Gasteiger partial charge in [0, 0.05) is 12.7 Å². The van der Waals surface area contributed by atoms with Crippen LogP contribution >= 0.6 is 0 Å². The number of likely N-dealkylation sites (tertiary alicyclic amines) is 1. The van der Waals surface area contributed by atoms with E-state index in [0.717, 1.165) is 12.8 Å². The van der Waals surface area contributed by atoms with Crippen LogP contribution in [-0.2, 0) is 7.05 Å². The quantitative estimate of drug-likeness (QED) is 0.879. The van der Waals surface area contributed by atoms with Gasteiger partial charge in [-0.05, 0) is 35.4 Å². The molecule has 0 bridgehead atoms. The van der Waals surface area contributed by atoms with Crippen LogP contribution in [0.25, 0.3) is 0 Å². The number of hydrogen-bond acceptors (Lipinski definition) is 5. The molecule has 1 aromatic carbocycles. The Morgan fingerprint density at radius 2 is 2.14 bits per heavy atom. The standard InChI is InChI=1S/C14H18N6O2/c1-19-13(16-17-18-19)12-8-7-11(9-21)20(12)14(22)15-10-5-3-2-4-6-10/h2-6,11-12,21H,7-9H2,1H3,(H,15,22)/t11-,12-/m0/s1. The second kappa shape index (κ2) is 6.10. The smallest absolute Gasteiger partial charge is 0.322 e. The number of anilines is 1. The molecule has 0 radical (unpaired) electrons. The number of benzene rings is 1. The third kappa shape index (κ3) is 2.64. The van der Waals surface area contributed by atoms with Gasteiger partial charge < -0.3 is 15.3 Å². The van der Waals surface area contributed by atoms with Gasteiger partial charge in [0.25, 0.3) is 0 Å². The summed E-state index contributed by atoms with van der Waals surface area (Å²) in [5, 5.41) is 23.9. The number of rotatable bonds is 3. The number of nitrogens with zero attached hydrogens (tertiary/aromatic N) is 5. The topological polar surface area (TPSA) is 96.2 Å². The van der Waals surface area contributed by atoms with Gasteiger partial charge in [0.15, 0.2) is 5.82 Å². The average Bonchev–Trinajstić information content (AvgIpc) is 3.13.